The van der Waals surface area contributed by atoms with E-state index in [0.29, 0.717) is 5.92 Å². The number of nitrogens with zero attached hydrogens (tertiary/aromatic N) is 2. The third-order valence-corrected chi connectivity index (χ3v) is 4.67. The van der Waals surface area contributed by atoms with Gasteiger partial charge in [-0.2, -0.15) is 0 Å². The van der Waals surface area contributed by atoms with Crippen molar-refractivity contribution in [3.05, 3.63) is 58.9 Å². The molecule has 3 aromatic rings. The fourth-order valence-electron chi connectivity index (χ4n) is 3.21. The number of nitrogens with one attached hydrogen (secondary N) is 1. The topological polar surface area (TPSA) is 29.9 Å². The molecular weight excluding hydrogens is 330 g/mol. The van der Waals surface area contributed by atoms with Gasteiger partial charge in [-0.3, -0.25) is 0 Å². The Hall–Kier alpha value is -2.00. The van der Waals surface area contributed by atoms with Crippen LogP contribution in [-0.4, -0.2) is 9.55 Å². The number of aryl methyl sites for hydroxylation is 2. The first-order valence-electron chi connectivity index (χ1n) is 8.71. The molecule has 2 heterocycles. The largest absolute Gasteiger partial charge is 0.364 e. The molecular formula is C21H28ClN3. The Morgan fingerprint density at radius 1 is 1.04 bits per heavy atom. The summed E-state index contributed by atoms with van der Waals surface area (Å²) < 4.78 is 2.42. The molecule has 1 N–H and O–H groups in total. The smallest absolute Gasteiger partial charge is 0.150 e. The Morgan fingerprint density at radius 3 is 2.36 bits per heavy atom. The number of fused-ring (bicyclic) bond motifs is 1. The van der Waals surface area contributed by atoms with Crippen LogP contribution in [0.5, 0.6) is 0 Å². The lowest BCUT2D eigenvalue weighted by Crippen LogP contribution is -2.09. The van der Waals surface area contributed by atoms with Crippen molar-refractivity contribution in [2.75, 3.05) is 5.32 Å². The number of pyridine rings is 1. The zero-order valence-corrected chi connectivity index (χ0v) is 16.6. The summed E-state index contributed by atoms with van der Waals surface area (Å²) in [6, 6.07) is 10.8. The standard InChI is InChI=1S/C21H27N3.ClH/c1-14(2)13-24-17(5)16(4)19-10-11-22-21(20(19)24)23-12-18-8-6-15(3)7-9-18;/h6-11,14H,12-13H2,1-5H3,(H,22,23);1H. The third-order valence-electron chi connectivity index (χ3n) is 4.67. The van der Waals surface area contributed by atoms with Crippen molar-refractivity contribution in [1.82, 2.24) is 9.55 Å². The first kappa shape index (κ1) is 19.3. The summed E-state index contributed by atoms with van der Waals surface area (Å²) in [5.41, 5.74) is 6.48. The average Bonchev–Trinajstić information content (AvgIpc) is 2.80. The van der Waals surface area contributed by atoms with Gasteiger partial charge in [0.1, 0.15) is 0 Å². The van der Waals surface area contributed by atoms with E-state index in [2.05, 4.69) is 79.8 Å². The summed E-state index contributed by atoms with van der Waals surface area (Å²) in [5, 5.41) is 4.85. The third kappa shape index (κ3) is 3.98. The van der Waals surface area contributed by atoms with Gasteiger partial charge in [0.05, 0.1) is 5.52 Å². The van der Waals surface area contributed by atoms with E-state index in [1.807, 2.05) is 6.20 Å². The fourth-order valence-corrected chi connectivity index (χ4v) is 3.21. The molecule has 0 fully saturated rings. The van der Waals surface area contributed by atoms with Crippen LogP contribution < -0.4 is 5.32 Å². The first-order valence-corrected chi connectivity index (χ1v) is 8.71. The molecule has 0 aliphatic carbocycles. The summed E-state index contributed by atoms with van der Waals surface area (Å²) in [6.45, 7) is 12.9. The van der Waals surface area contributed by atoms with Crippen LogP contribution in [0.25, 0.3) is 10.9 Å². The summed E-state index contributed by atoms with van der Waals surface area (Å²) in [4.78, 5) is 4.63. The van der Waals surface area contributed by atoms with E-state index in [9.17, 15) is 0 Å². The van der Waals surface area contributed by atoms with Crippen LogP contribution in [0.15, 0.2) is 36.5 Å². The Kier molecular flexibility index (Phi) is 6.12. The summed E-state index contributed by atoms with van der Waals surface area (Å²) in [5.74, 6) is 1.58. The normalized spacial score (nSPS) is 11.0. The highest BCUT2D eigenvalue weighted by atomic mass is 35.5. The van der Waals surface area contributed by atoms with E-state index in [0.717, 1.165) is 18.9 Å². The van der Waals surface area contributed by atoms with Gasteiger partial charge in [-0.1, -0.05) is 43.7 Å². The molecule has 0 radical (unpaired) electrons. The van der Waals surface area contributed by atoms with Gasteiger partial charge in [0, 0.05) is 30.4 Å². The maximum absolute atomic E-state index is 4.63. The highest BCUT2D eigenvalue weighted by Gasteiger charge is 2.15. The number of rotatable bonds is 5. The minimum Gasteiger partial charge on any atom is -0.364 e. The number of anilines is 1. The monoisotopic (exact) mass is 357 g/mol. The molecule has 0 spiro atoms. The van der Waals surface area contributed by atoms with Crippen LogP contribution in [0.1, 0.15) is 36.2 Å². The van der Waals surface area contributed by atoms with Crippen molar-refractivity contribution in [2.45, 2.75) is 47.7 Å². The second kappa shape index (κ2) is 7.92. The molecule has 0 bridgehead atoms. The van der Waals surface area contributed by atoms with Gasteiger partial charge in [0.2, 0.25) is 0 Å². The number of halogens is 1. The molecule has 0 saturated heterocycles. The Morgan fingerprint density at radius 2 is 1.72 bits per heavy atom. The summed E-state index contributed by atoms with van der Waals surface area (Å²) in [6.07, 6.45) is 1.91. The fraction of sp³-hybridized carbons (Fsp3) is 0.381. The Labute approximate surface area is 156 Å². The molecule has 25 heavy (non-hydrogen) atoms. The van der Waals surface area contributed by atoms with Gasteiger partial charge < -0.3 is 9.88 Å². The SMILES string of the molecule is Cc1ccc(CNc2nccc3c(C)c(C)n(CC(C)C)c23)cc1.Cl. The molecule has 0 atom stereocenters. The van der Waals surface area contributed by atoms with Crippen LogP contribution in [0.2, 0.25) is 0 Å². The number of hydrogen-bond acceptors (Lipinski definition) is 2. The van der Waals surface area contributed by atoms with E-state index in [-0.39, 0.29) is 12.4 Å². The number of benzene rings is 1. The van der Waals surface area contributed by atoms with E-state index in [4.69, 9.17) is 0 Å². The van der Waals surface area contributed by atoms with Crippen LogP contribution in [0.4, 0.5) is 5.82 Å². The molecule has 3 nitrogen and oxygen atoms in total. The molecule has 0 saturated carbocycles. The molecule has 3 rings (SSSR count). The predicted molar refractivity (Wildman–Crippen MR) is 110 cm³/mol. The minimum absolute atomic E-state index is 0. The Balaban J connectivity index is 0.00000225. The van der Waals surface area contributed by atoms with Crippen molar-refractivity contribution in [1.29, 1.82) is 0 Å². The van der Waals surface area contributed by atoms with Gasteiger partial charge >= 0.3 is 0 Å². The lowest BCUT2D eigenvalue weighted by atomic mass is 10.1. The van der Waals surface area contributed by atoms with Gasteiger partial charge in [-0.15, -0.1) is 12.4 Å². The highest BCUT2D eigenvalue weighted by Crippen LogP contribution is 2.30. The zero-order valence-electron chi connectivity index (χ0n) is 15.8. The maximum atomic E-state index is 4.63. The predicted octanol–water partition coefficient (Wildman–Crippen LogP) is 5.65. The number of aromatic nitrogens is 2. The molecule has 0 aliphatic heterocycles. The lowest BCUT2D eigenvalue weighted by molar-refractivity contribution is 0.527. The van der Waals surface area contributed by atoms with Crippen LogP contribution in [0.3, 0.4) is 0 Å². The second-order valence-corrected chi connectivity index (χ2v) is 7.11. The van der Waals surface area contributed by atoms with E-state index in [1.165, 1.54) is 33.3 Å². The van der Waals surface area contributed by atoms with Crippen LogP contribution >= 0.6 is 12.4 Å². The molecule has 2 aromatic heterocycles. The van der Waals surface area contributed by atoms with E-state index < -0.39 is 0 Å². The molecule has 0 aliphatic rings. The minimum atomic E-state index is 0. The molecule has 0 unspecified atom stereocenters. The highest BCUT2D eigenvalue weighted by molar-refractivity contribution is 5.93. The lowest BCUT2D eigenvalue weighted by Gasteiger charge is -2.14. The van der Waals surface area contributed by atoms with E-state index in [1.54, 1.807) is 0 Å². The molecule has 1 aromatic carbocycles. The van der Waals surface area contributed by atoms with Crippen LogP contribution in [-0.2, 0) is 13.1 Å². The second-order valence-electron chi connectivity index (χ2n) is 7.11. The average molecular weight is 358 g/mol. The van der Waals surface area contributed by atoms with Crippen molar-refractivity contribution in [3.63, 3.8) is 0 Å². The maximum Gasteiger partial charge on any atom is 0.150 e. The first-order chi connectivity index (χ1) is 11.5. The van der Waals surface area contributed by atoms with Crippen LogP contribution in [0, 0.1) is 26.7 Å². The van der Waals surface area contributed by atoms with Crippen molar-refractivity contribution < 1.29 is 0 Å². The Bertz CT molecular complexity index is 848. The van der Waals surface area contributed by atoms with Crippen molar-refractivity contribution in [3.8, 4) is 0 Å². The molecule has 134 valence electrons. The van der Waals surface area contributed by atoms with E-state index >= 15 is 0 Å². The van der Waals surface area contributed by atoms with Crippen molar-refractivity contribution >= 4 is 29.1 Å². The molecule has 0 amide bonds. The summed E-state index contributed by atoms with van der Waals surface area (Å²) >= 11 is 0. The number of hydrogen-bond donors (Lipinski definition) is 1. The van der Waals surface area contributed by atoms with Gasteiger partial charge in [-0.25, -0.2) is 4.98 Å². The van der Waals surface area contributed by atoms with Crippen molar-refractivity contribution in [2.24, 2.45) is 5.92 Å². The molecule has 4 heteroatoms. The zero-order chi connectivity index (χ0) is 17.3. The van der Waals surface area contributed by atoms with Gasteiger partial charge in [-0.05, 0) is 43.9 Å². The summed E-state index contributed by atoms with van der Waals surface area (Å²) in [7, 11) is 0. The quantitative estimate of drug-likeness (QED) is 0.639. The van der Waals surface area contributed by atoms with Gasteiger partial charge in [0.25, 0.3) is 0 Å². The van der Waals surface area contributed by atoms with Gasteiger partial charge in [0.15, 0.2) is 5.82 Å².